The summed E-state index contributed by atoms with van der Waals surface area (Å²) in [6.07, 6.45) is 5.12. The van der Waals surface area contributed by atoms with E-state index in [0.717, 1.165) is 0 Å². The maximum Gasteiger partial charge on any atom is 0.268 e. The van der Waals surface area contributed by atoms with Gasteiger partial charge in [0, 0.05) is 6.20 Å². The highest BCUT2D eigenvalue weighted by Gasteiger charge is 2.07. The predicted octanol–water partition coefficient (Wildman–Crippen LogP) is 4.11. The minimum absolute atomic E-state index is 0.396. The van der Waals surface area contributed by atoms with Crippen LogP contribution < -0.4 is 0 Å². The van der Waals surface area contributed by atoms with Gasteiger partial charge >= 0.3 is 0 Å². The molecular formula is C9H11I2NO2. The quantitative estimate of drug-likeness (QED) is 0.226. The van der Waals surface area contributed by atoms with Gasteiger partial charge in [-0.2, -0.15) is 0 Å². The van der Waals surface area contributed by atoms with Crippen LogP contribution in [0.2, 0.25) is 0 Å². The number of hydrogen-bond acceptors (Lipinski definition) is 3. The van der Waals surface area contributed by atoms with Crippen LogP contribution in [0.3, 0.4) is 0 Å². The summed E-state index contributed by atoms with van der Waals surface area (Å²) in [4.78, 5) is 3.92. The van der Waals surface area contributed by atoms with Crippen molar-refractivity contribution < 1.29 is 6.13 Å². The average molecular weight is 419 g/mol. The van der Waals surface area contributed by atoms with E-state index in [4.69, 9.17) is 6.13 Å². The molecule has 0 saturated heterocycles. The van der Waals surface area contributed by atoms with Crippen molar-refractivity contribution in [3.8, 4) is 0 Å². The number of halogens is 2. The Hall–Kier alpha value is -0.0500. The summed E-state index contributed by atoms with van der Waals surface area (Å²) in [7, 11) is 0. The Balaban J connectivity index is 4.86. The standard InChI is InChI=1S/C9H11I2NO2/c1-4-12-9(14-11)8(13-10)6-5-7(2)3/h4-6H,1H2,2-3H3/b8-6+,12-9?. The van der Waals surface area contributed by atoms with E-state index in [-0.39, 0.29) is 0 Å². The molecule has 0 heterocycles. The lowest BCUT2D eigenvalue weighted by Crippen LogP contribution is -2.01. The number of nitrogens with zero attached hydrogens (tertiary/aromatic N) is 1. The molecule has 0 amide bonds. The third kappa shape index (κ3) is 5.63. The van der Waals surface area contributed by atoms with Gasteiger partial charge in [-0.25, -0.2) is 4.99 Å². The monoisotopic (exact) mass is 419 g/mol. The van der Waals surface area contributed by atoms with Crippen molar-refractivity contribution in [2.24, 2.45) is 4.99 Å². The van der Waals surface area contributed by atoms with E-state index in [1.165, 1.54) is 11.8 Å². The molecule has 0 fully saturated rings. The summed E-state index contributed by atoms with van der Waals surface area (Å²) in [6, 6.07) is 0. The second kappa shape index (κ2) is 8.27. The van der Waals surface area contributed by atoms with E-state index in [1.54, 1.807) is 52.1 Å². The molecule has 0 N–H and O–H groups in total. The Morgan fingerprint density at radius 3 is 2.21 bits per heavy atom. The van der Waals surface area contributed by atoms with Crippen molar-refractivity contribution in [3.05, 3.63) is 36.3 Å². The van der Waals surface area contributed by atoms with Gasteiger partial charge in [0.15, 0.2) is 51.8 Å². The fourth-order valence-corrected chi connectivity index (χ4v) is 1.24. The first-order chi connectivity index (χ1) is 6.65. The predicted molar refractivity (Wildman–Crippen MR) is 75.4 cm³/mol. The molecule has 0 radical (unpaired) electrons. The zero-order chi connectivity index (χ0) is 11.0. The summed E-state index contributed by atoms with van der Waals surface area (Å²) in [6.45, 7) is 7.48. The van der Waals surface area contributed by atoms with Crippen LogP contribution in [0.1, 0.15) is 13.8 Å². The van der Waals surface area contributed by atoms with Crippen LogP contribution in [-0.2, 0) is 6.13 Å². The molecule has 0 spiro atoms. The molecule has 0 bridgehead atoms. The van der Waals surface area contributed by atoms with Gasteiger partial charge in [-0.05, 0) is 19.9 Å². The molecular weight excluding hydrogens is 408 g/mol. The SMILES string of the molecule is C=CN=C(OI)/C(=C\C=C(C)C)OI. The first-order valence-corrected chi connectivity index (χ1v) is 5.53. The third-order valence-corrected chi connectivity index (χ3v) is 2.04. The van der Waals surface area contributed by atoms with E-state index in [1.807, 2.05) is 19.9 Å². The van der Waals surface area contributed by atoms with Crippen molar-refractivity contribution in [2.45, 2.75) is 13.8 Å². The van der Waals surface area contributed by atoms with E-state index >= 15 is 0 Å². The number of hydrogen-bond donors (Lipinski definition) is 0. The molecule has 14 heavy (non-hydrogen) atoms. The minimum Gasteiger partial charge on any atom is -0.422 e. The Bertz CT molecular complexity index is 279. The van der Waals surface area contributed by atoms with Crippen molar-refractivity contribution in [1.29, 1.82) is 0 Å². The van der Waals surface area contributed by atoms with Gasteiger partial charge in [0.25, 0.3) is 5.90 Å². The van der Waals surface area contributed by atoms with Crippen molar-refractivity contribution in [1.82, 2.24) is 0 Å². The Morgan fingerprint density at radius 2 is 1.86 bits per heavy atom. The number of aliphatic imine (C=N–C) groups is 1. The summed E-state index contributed by atoms with van der Waals surface area (Å²) >= 11 is 3.52. The highest BCUT2D eigenvalue weighted by molar-refractivity contribution is 14.1. The first kappa shape index (κ1) is 13.9. The fraction of sp³-hybridized carbons (Fsp3) is 0.222. The molecule has 0 atom stereocenters. The molecule has 78 valence electrons. The van der Waals surface area contributed by atoms with Gasteiger partial charge in [-0.1, -0.05) is 18.2 Å². The maximum atomic E-state index is 5.08. The van der Waals surface area contributed by atoms with Crippen LogP contribution in [-0.4, -0.2) is 5.90 Å². The molecule has 0 saturated carbocycles. The minimum atomic E-state index is 0.396. The molecule has 5 heteroatoms. The lowest BCUT2D eigenvalue weighted by atomic mass is 10.3. The largest absolute Gasteiger partial charge is 0.422 e. The second-order valence-corrected chi connectivity index (χ2v) is 3.43. The average Bonchev–Trinajstić information content (AvgIpc) is 2.16. The molecule has 0 aromatic carbocycles. The first-order valence-electron chi connectivity index (χ1n) is 3.77. The number of allylic oxidation sites excluding steroid dienone is 3. The lowest BCUT2D eigenvalue weighted by Gasteiger charge is -2.02. The summed E-state index contributed by atoms with van der Waals surface area (Å²) in [5.74, 6) is 0.952. The molecule has 0 aliphatic heterocycles. The Labute approximate surface area is 112 Å². The molecule has 0 aromatic rings. The van der Waals surface area contributed by atoms with Crippen LogP contribution in [0.4, 0.5) is 0 Å². The summed E-state index contributed by atoms with van der Waals surface area (Å²) in [5, 5.41) is 0. The van der Waals surface area contributed by atoms with Crippen LogP contribution in [0, 0.1) is 0 Å². The summed E-state index contributed by atoms with van der Waals surface area (Å²) < 4.78 is 10.1. The molecule has 3 nitrogen and oxygen atoms in total. The van der Waals surface area contributed by atoms with Gasteiger partial charge in [0.1, 0.15) is 0 Å². The van der Waals surface area contributed by atoms with Gasteiger partial charge in [0.2, 0.25) is 0 Å². The summed E-state index contributed by atoms with van der Waals surface area (Å²) in [5.41, 5.74) is 1.17. The van der Waals surface area contributed by atoms with E-state index in [2.05, 4.69) is 11.6 Å². The highest BCUT2D eigenvalue weighted by atomic mass is 127. The molecule has 0 aliphatic carbocycles. The van der Waals surface area contributed by atoms with Crippen LogP contribution >= 0.6 is 46.0 Å². The highest BCUT2D eigenvalue weighted by Crippen LogP contribution is 2.11. The van der Waals surface area contributed by atoms with E-state index < -0.39 is 0 Å². The van der Waals surface area contributed by atoms with Gasteiger partial charge < -0.3 is 6.13 Å². The second-order valence-electron chi connectivity index (χ2n) is 2.55. The van der Waals surface area contributed by atoms with Gasteiger partial charge in [0.05, 0.1) is 0 Å². The van der Waals surface area contributed by atoms with E-state index in [9.17, 15) is 0 Å². The Kier molecular flexibility index (Phi) is 8.24. The molecule has 0 aliphatic rings. The van der Waals surface area contributed by atoms with E-state index in [0.29, 0.717) is 11.7 Å². The van der Waals surface area contributed by atoms with Crippen LogP contribution in [0.5, 0.6) is 0 Å². The Morgan fingerprint density at radius 1 is 1.21 bits per heavy atom. The van der Waals surface area contributed by atoms with Crippen LogP contribution in [0.25, 0.3) is 0 Å². The van der Waals surface area contributed by atoms with Gasteiger partial charge in [-0.3, -0.25) is 0 Å². The smallest absolute Gasteiger partial charge is 0.268 e. The normalized spacial score (nSPS) is 12.0. The van der Waals surface area contributed by atoms with Crippen LogP contribution in [0.15, 0.2) is 41.3 Å². The fourth-order valence-electron chi connectivity index (χ4n) is 0.577. The zero-order valence-electron chi connectivity index (χ0n) is 7.96. The van der Waals surface area contributed by atoms with Crippen molar-refractivity contribution in [2.75, 3.05) is 0 Å². The lowest BCUT2D eigenvalue weighted by molar-refractivity contribution is 0.562. The maximum absolute atomic E-state index is 5.08. The molecule has 0 rings (SSSR count). The number of rotatable bonds is 4. The zero-order valence-corrected chi connectivity index (χ0v) is 12.3. The topological polar surface area (TPSA) is 30.8 Å². The molecule has 0 aromatic heterocycles. The van der Waals surface area contributed by atoms with Gasteiger partial charge in [-0.15, -0.1) is 0 Å². The van der Waals surface area contributed by atoms with Crippen molar-refractivity contribution >= 4 is 51.9 Å². The third-order valence-electron chi connectivity index (χ3n) is 1.14. The van der Waals surface area contributed by atoms with Crippen molar-refractivity contribution in [3.63, 3.8) is 0 Å². The molecule has 0 unspecified atom stereocenters.